The third kappa shape index (κ3) is 3.37. The number of methoxy groups -OCH3 is 1. The molecule has 16 heavy (non-hydrogen) atoms. The maximum Gasteiger partial charge on any atom is 0.407 e. The van der Waals surface area contributed by atoms with Crippen molar-refractivity contribution in [2.75, 3.05) is 13.7 Å². The van der Waals surface area contributed by atoms with E-state index in [1.54, 1.807) is 0 Å². The second-order valence-electron chi connectivity index (χ2n) is 3.98. The van der Waals surface area contributed by atoms with Crippen molar-refractivity contribution in [1.82, 2.24) is 5.32 Å². The Labute approximate surface area is 94.5 Å². The molecule has 1 aliphatic heterocycles. The molecule has 1 rings (SSSR count). The molecule has 0 aromatic heterocycles. The summed E-state index contributed by atoms with van der Waals surface area (Å²) in [4.78, 5) is 22.3. The Morgan fingerprint density at radius 3 is 2.75 bits per heavy atom. The number of hydrogen-bond donors (Lipinski definition) is 2. The molecule has 3 atom stereocenters. The van der Waals surface area contributed by atoms with Gasteiger partial charge in [0.15, 0.2) is 0 Å². The molecule has 1 heterocycles. The van der Waals surface area contributed by atoms with Gasteiger partial charge >= 0.3 is 6.09 Å². The van der Waals surface area contributed by atoms with E-state index in [1.807, 2.05) is 6.92 Å². The van der Waals surface area contributed by atoms with Gasteiger partial charge in [-0.3, -0.25) is 4.79 Å². The van der Waals surface area contributed by atoms with E-state index in [2.05, 4.69) is 10.1 Å². The molecule has 0 aromatic rings. The molecule has 0 bridgehead atoms. The monoisotopic (exact) mass is 230 g/mol. The van der Waals surface area contributed by atoms with Crippen molar-refractivity contribution in [2.45, 2.75) is 31.9 Å². The highest BCUT2D eigenvalue weighted by molar-refractivity contribution is 5.84. The predicted octanol–water partition coefficient (Wildman–Crippen LogP) is 0.0114. The summed E-state index contributed by atoms with van der Waals surface area (Å²) in [7, 11) is 1.25. The van der Waals surface area contributed by atoms with Crippen LogP contribution in [-0.2, 0) is 14.3 Å². The first-order valence-corrected chi connectivity index (χ1v) is 5.30. The van der Waals surface area contributed by atoms with Crippen LogP contribution in [0.3, 0.4) is 0 Å². The highest BCUT2D eigenvalue weighted by Gasteiger charge is 2.32. The van der Waals surface area contributed by atoms with Gasteiger partial charge in [-0.25, -0.2) is 4.79 Å². The lowest BCUT2D eigenvalue weighted by Crippen LogP contribution is -2.51. The van der Waals surface area contributed by atoms with Gasteiger partial charge in [0.2, 0.25) is 5.91 Å². The standard InChI is InChI=1S/C10H18N2O4/c1-6-5-7(3-4-16-6)8(9(11)13)12-10(14)15-2/h6-8H,3-5H2,1-2H3,(H2,11,13)(H,12,14). The van der Waals surface area contributed by atoms with Crippen molar-refractivity contribution in [3.63, 3.8) is 0 Å². The quantitative estimate of drug-likeness (QED) is 0.714. The van der Waals surface area contributed by atoms with Gasteiger partial charge in [-0.05, 0) is 25.7 Å². The lowest BCUT2D eigenvalue weighted by atomic mass is 9.88. The molecule has 2 amide bonds. The molecule has 0 saturated carbocycles. The summed E-state index contributed by atoms with van der Waals surface area (Å²) in [6.07, 6.45) is 0.863. The second kappa shape index (κ2) is 5.69. The summed E-state index contributed by atoms with van der Waals surface area (Å²) >= 11 is 0. The van der Waals surface area contributed by atoms with E-state index in [0.717, 1.165) is 0 Å². The Morgan fingerprint density at radius 1 is 1.56 bits per heavy atom. The van der Waals surface area contributed by atoms with E-state index in [1.165, 1.54) is 7.11 Å². The molecule has 3 N–H and O–H groups in total. The fourth-order valence-corrected chi connectivity index (χ4v) is 1.94. The van der Waals surface area contributed by atoms with Crippen LogP contribution in [0.15, 0.2) is 0 Å². The summed E-state index contributed by atoms with van der Waals surface area (Å²) in [6.45, 7) is 2.51. The van der Waals surface area contributed by atoms with Crippen molar-refractivity contribution < 1.29 is 19.1 Å². The Kier molecular flexibility index (Phi) is 4.54. The molecule has 6 heteroatoms. The van der Waals surface area contributed by atoms with Gasteiger partial charge < -0.3 is 20.5 Å². The number of amides is 2. The summed E-state index contributed by atoms with van der Waals surface area (Å²) < 4.78 is 9.83. The molecular formula is C10H18N2O4. The first-order chi connectivity index (χ1) is 7.54. The van der Waals surface area contributed by atoms with Crippen LogP contribution in [0.2, 0.25) is 0 Å². The maximum absolute atomic E-state index is 11.3. The summed E-state index contributed by atoms with van der Waals surface area (Å²) in [6, 6.07) is -0.682. The number of nitrogens with one attached hydrogen (secondary N) is 1. The first kappa shape index (κ1) is 12.8. The lowest BCUT2D eigenvalue weighted by Gasteiger charge is -2.31. The van der Waals surface area contributed by atoms with Crippen LogP contribution in [-0.4, -0.2) is 37.9 Å². The van der Waals surface area contributed by atoms with E-state index in [-0.39, 0.29) is 12.0 Å². The van der Waals surface area contributed by atoms with E-state index in [0.29, 0.717) is 19.4 Å². The van der Waals surface area contributed by atoms with Crippen molar-refractivity contribution >= 4 is 12.0 Å². The van der Waals surface area contributed by atoms with E-state index in [4.69, 9.17) is 10.5 Å². The van der Waals surface area contributed by atoms with E-state index >= 15 is 0 Å². The lowest BCUT2D eigenvalue weighted by molar-refractivity contribution is -0.122. The number of hydrogen-bond acceptors (Lipinski definition) is 4. The second-order valence-corrected chi connectivity index (χ2v) is 3.98. The molecule has 92 valence electrons. The highest BCUT2D eigenvalue weighted by Crippen LogP contribution is 2.23. The number of ether oxygens (including phenoxy) is 2. The average Bonchev–Trinajstić information content (AvgIpc) is 2.25. The molecular weight excluding hydrogens is 212 g/mol. The van der Waals surface area contributed by atoms with Gasteiger partial charge in [-0.2, -0.15) is 0 Å². The number of nitrogens with two attached hydrogens (primary N) is 1. The molecule has 3 unspecified atom stereocenters. The normalized spacial score (nSPS) is 26.9. The Morgan fingerprint density at radius 2 is 2.25 bits per heavy atom. The molecule has 1 saturated heterocycles. The van der Waals surface area contributed by atoms with Gasteiger partial charge in [-0.15, -0.1) is 0 Å². The minimum Gasteiger partial charge on any atom is -0.453 e. The Bertz CT molecular complexity index is 270. The molecule has 0 spiro atoms. The molecule has 0 radical (unpaired) electrons. The zero-order valence-electron chi connectivity index (χ0n) is 9.56. The maximum atomic E-state index is 11.3. The summed E-state index contributed by atoms with van der Waals surface area (Å²) in [5.74, 6) is -0.523. The van der Waals surface area contributed by atoms with Crippen molar-refractivity contribution in [2.24, 2.45) is 11.7 Å². The van der Waals surface area contributed by atoms with Gasteiger partial charge in [-0.1, -0.05) is 0 Å². The average molecular weight is 230 g/mol. The number of alkyl carbamates (subject to hydrolysis) is 1. The van der Waals surface area contributed by atoms with Crippen LogP contribution in [0.1, 0.15) is 19.8 Å². The van der Waals surface area contributed by atoms with Crippen molar-refractivity contribution in [3.05, 3.63) is 0 Å². The molecule has 6 nitrogen and oxygen atoms in total. The number of carbonyl (C=O) groups excluding carboxylic acids is 2. The minimum atomic E-state index is -0.682. The van der Waals surface area contributed by atoms with E-state index in [9.17, 15) is 9.59 Å². The SMILES string of the molecule is COC(=O)NC(C(N)=O)C1CCOC(C)C1. The van der Waals surface area contributed by atoms with Crippen molar-refractivity contribution in [3.8, 4) is 0 Å². The fraction of sp³-hybridized carbons (Fsp3) is 0.800. The van der Waals surface area contributed by atoms with Crippen LogP contribution in [0.25, 0.3) is 0 Å². The van der Waals surface area contributed by atoms with Gasteiger partial charge in [0, 0.05) is 6.61 Å². The number of rotatable bonds is 3. The summed E-state index contributed by atoms with van der Waals surface area (Å²) in [5, 5.41) is 2.47. The largest absolute Gasteiger partial charge is 0.453 e. The predicted molar refractivity (Wildman–Crippen MR) is 56.7 cm³/mol. The molecule has 1 aliphatic rings. The number of carbonyl (C=O) groups is 2. The zero-order chi connectivity index (χ0) is 12.1. The Balaban J connectivity index is 2.61. The third-order valence-electron chi connectivity index (χ3n) is 2.76. The van der Waals surface area contributed by atoms with Crippen molar-refractivity contribution in [1.29, 1.82) is 0 Å². The van der Waals surface area contributed by atoms with Crippen LogP contribution in [0.5, 0.6) is 0 Å². The van der Waals surface area contributed by atoms with Crippen LogP contribution in [0, 0.1) is 5.92 Å². The van der Waals surface area contributed by atoms with Crippen LogP contribution in [0.4, 0.5) is 4.79 Å². The summed E-state index contributed by atoms with van der Waals surface area (Å²) in [5.41, 5.74) is 5.27. The topological polar surface area (TPSA) is 90.6 Å². The van der Waals surface area contributed by atoms with Crippen LogP contribution < -0.4 is 11.1 Å². The zero-order valence-corrected chi connectivity index (χ0v) is 9.56. The first-order valence-electron chi connectivity index (χ1n) is 5.30. The Hall–Kier alpha value is -1.30. The smallest absolute Gasteiger partial charge is 0.407 e. The molecule has 1 fully saturated rings. The third-order valence-corrected chi connectivity index (χ3v) is 2.76. The number of primary amides is 1. The van der Waals surface area contributed by atoms with Crippen LogP contribution >= 0.6 is 0 Å². The molecule has 0 aromatic carbocycles. The minimum absolute atomic E-state index is 0.0142. The van der Waals surface area contributed by atoms with Gasteiger partial charge in [0.05, 0.1) is 13.2 Å². The highest BCUT2D eigenvalue weighted by atomic mass is 16.5. The fourth-order valence-electron chi connectivity index (χ4n) is 1.94. The van der Waals surface area contributed by atoms with Gasteiger partial charge in [0.25, 0.3) is 0 Å². The molecule has 0 aliphatic carbocycles. The van der Waals surface area contributed by atoms with E-state index < -0.39 is 18.0 Å². The van der Waals surface area contributed by atoms with Gasteiger partial charge in [0.1, 0.15) is 6.04 Å².